The Bertz CT molecular complexity index is 704. The van der Waals surface area contributed by atoms with Gasteiger partial charge in [-0.2, -0.15) is 0 Å². The van der Waals surface area contributed by atoms with Crippen molar-refractivity contribution in [1.29, 1.82) is 0 Å². The molecular formula is C15H9ClO3. The van der Waals surface area contributed by atoms with Crippen molar-refractivity contribution in [1.82, 2.24) is 0 Å². The van der Waals surface area contributed by atoms with Gasteiger partial charge in [0.05, 0.1) is 10.6 Å². The van der Waals surface area contributed by atoms with Crippen LogP contribution in [-0.2, 0) is 4.79 Å². The molecule has 0 fully saturated rings. The van der Waals surface area contributed by atoms with Gasteiger partial charge in [0.2, 0.25) is 0 Å². The van der Waals surface area contributed by atoms with E-state index in [1.807, 2.05) is 18.2 Å². The number of aromatic hydroxyl groups is 1. The summed E-state index contributed by atoms with van der Waals surface area (Å²) in [7, 11) is 0. The number of rotatable bonds is 1. The van der Waals surface area contributed by atoms with E-state index >= 15 is 0 Å². The summed E-state index contributed by atoms with van der Waals surface area (Å²) in [6.07, 6.45) is 1.66. The van der Waals surface area contributed by atoms with Gasteiger partial charge in [-0.05, 0) is 35.9 Å². The topological polar surface area (TPSA) is 46.5 Å². The molecule has 0 saturated carbocycles. The normalized spacial score (nSPS) is 15.4. The monoisotopic (exact) mass is 272 g/mol. The number of halogens is 1. The van der Waals surface area contributed by atoms with E-state index in [0.29, 0.717) is 21.9 Å². The number of phenolic OH excluding ortho intramolecular Hbond substituents is 1. The zero-order chi connectivity index (χ0) is 13.4. The molecule has 0 spiro atoms. The van der Waals surface area contributed by atoms with Crippen molar-refractivity contribution in [3.05, 3.63) is 58.6 Å². The molecule has 1 heterocycles. The molecular weight excluding hydrogens is 264 g/mol. The van der Waals surface area contributed by atoms with Gasteiger partial charge in [0, 0.05) is 5.56 Å². The molecule has 2 aromatic carbocycles. The molecule has 1 N–H and O–H groups in total. The molecule has 1 aliphatic heterocycles. The fraction of sp³-hybridized carbons (Fsp3) is 0. The number of para-hydroxylation sites is 1. The highest BCUT2D eigenvalue weighted by atomic mass is 35.5. The van der Waals surface area contributed by atoms with Gasteiger partial charge in [-0.3, -0.25) is 0 Å². The largest absolute Gasteiger partial charge is 0.508 e. The molecule has 0 radical (unpaired) electrons. The minimum atomic E-state index is -0.398. The first-order valence-corrected chi connectivity index (χ1v) is 6.05. The molecule has 2 aromatic rings. The van der Waals surface area contributed by atoms with E-state index in [-0.39, 0.29) is 5.75 Å². The van der Waals surface area contributed by atoms with E-state index in [1.165, 1.54) is 12.1 Å². The van der Waals surface area contributed by atoms with E-state index in [1.54, 1.807) is 18.2 Å². The van der Waals surface area contributed by atoms with Crippen LogP contribution in [0.15, 0.2) is 42.5 Å². The number of hydrogen-bond acceptors (Lipinski definition) is 3. The lowest BCUT2D eigenvalue weighted by Crippen LogP contribution is -2.00. The number of carbonyl (C=O) groups excluding carboxylic acids is 1. The predicted molar refractivity (Wildman–Crippen MR) is 73.1 cm³/mol. The van der Waals surface area contributed by atoms with Crippen LogP contribution in [0.25, 0.3) is 11.6 Å². The van der Waals surface area contributed by atoms with Crippen LogP contribution >= 0.6 is 11.6 Å². The van der Waals surface area contributed by atoms with E-state index < -0.39 is 5.97 Å². The van der Waals surface area contributed by atoms with Gasteiger partial charge < -0.3 is 9.84 Å². The Labute approximate surface area is 114 Å². The van der Waals surface area contributed by atoms with Crippen molar-refractivity contribution in [2.75, 3.05) is 0 Å². The summed E-state index contributed by atoms with van der Waals surface area (Å²) in [5.41, 5.74) is 1.86. The second-order valence-corrected chi connectivity index (χ2v) is 4.56. The maximum atomic E-state index is 11.8. The van der Waals surface area contributed by atoms with Crippen LogP contribution in [0.3, 0.4) is 0 Å². The summed E-state index contributed by atoms with van der Waals surface area (Å²) < 4.78 is 5.16. The van der Waals surface area contributed by atoms with Gasteiger partial charge in [-0.1, -0.05) is 29.8 Å². The molecule has 0 aromatic heterocycles. The summed E-state index contributed by atoms with van der Waals surface area (Å²) in [5.74, 6) is 0.237. The van der Waals surface area contributed by atoms with Crippen molar-refractivity contribution in [3.63, 3.8) is 0 Å². The minimum Gasteiger partial charge on any atom is -0.508 e. The van der Waals surface area contributed by atoms with Crippen LogP contribution in [0.4, 0.5) is 0 Å². The van der Waals surface area contributed by atoms with E-state index in [9.17, 15) is 9.90 Å². The lowest BCUT2D eigenvalue weighted by atomic mass is 10.0. The van der Waals surface area contributed by atoms with E-state index in [2.05, 4.69) is 0 Å². The molecule has 94 valence electrons. The van der Waals surface area contributed by atoms with Crippen molar-refractivity contribution in [2.24, 2.45) is 0 Å². The number of hydrogen-bond donors (Lipinski definition) is 1. The lowest BCUT2D eigenvalue weighted by Gasteiger charge is -2.00. The second kappa shape index (κ2) is 4.44. The third kappa shape index (κ3) is 2.09. The number of esters is 1. The highest BCUT2D eigenvalue weighted by Gasteiger charge is 2.26. The zero-order valence-corrected chi connectivity index (χ0v) is 10.5. The van der Waals surface area contributed by atoms with Gasteiger partial charge in [0.25, 0.3) is 0 Å². The van der Waals surface area contributed by atoms with Crippen LogP contribution in [0, 0.1) is 0 Å². The summed E-state index contributed by atoms with van der Waals surface area (Å²) in [4.78, 5) is 11.8. The molecule has 0 amide bonds. The third-order valence-corrected chi connectivity index (χ3v) is 3.21. The first-order valence-electron chi connectivity index (χ1n) is 5.67. The fourth-order valence-electron chi connectivity index (χ4n) is 1.97. The first-order chi connectivity index (χ1) is 9.15. The van der Waals surface area contributed by atoms with Crippen molar-refractivity contribution < 1.29 is 14.6 Å². The summed E-state index contributed by atoms with van der Waals surface area (Å²) >= 11 is 6.03. The molecule has 0 bridgehead atoms. The lowest BCUT2D eigenvalue weighted by molar-refractivity contribution is -0.126. The Hall–Kier alpha value is -2.26. The van der Waals surface area contributed by atoms with Gasteiger partial charge in [0.15, 0.2) is 0 Å². The average molecular weight is 273 g/mol. The molecule has 0 saturated heterocycles. The molecule has 3 nitrogen and oxygen atoms in total. The Morgan fingerprint density at radius 2 is 1.95 bits per heavy atom. The highest BCUT2D eigenvalue weighted by molar-refractivity contribution is 6.33. The van der Waals surface area contributed by atoms with Crippen LogP contribution < -0.4 is 4.74 Å². The Balaban J connectivity index is 2.11. The molecule has 0 unspecified atom stereocenters. The van der Waals surface area contributed by atoms with Crippen molar-refractivity contribution in [2.45, 2.75) is 0 Å². The average Bonchev–Trinajstić information content (AvgIpc) is 2.69. The molecule has 19 heavy (non-hydrogen) atoms. The number of phenols is 1. The minimum absolute atomic E-state index is 0.0848. The Morgan fingerprint density at radius 3 is 2.74 bits per heavy atom. The quantitative estimate of drug-likeness (QED) is 0.491. The van der Waals surface area contributed by atoms with Gasteiger partial charge in [-0.25, -0.2) is 4.79 Å². The zero-order valence-electron chi connectivity index (χ0n) is 9.76. The molecule has 3 rings (SSSR count). The van der Waals surface area contributed by atoms with Gasteiger partial charge in [0.1, 0.15) is 11.5 Å². The number of fused-ring (bicyclic) bond motifs is 1. The summed E-state index contributed by atoms with van der Waals surface area (Å²) in [6, 6.07) is 11.8. The Kier molecular flexibility index (Phi) is 2.76. The Morgan fingerprint density at radius 1 is 1.16 bits per heavy atom. The summed E-state index contributed by atoms with van der Waals surface area (Å²) in [5, 5.41) is 9.69. The van der Waals surface area contributed by atoms with Crippen LogP contribution in [-0.4, -0.2) is 11.1 Å². The predicted octanol–water partition coefficient (Wildman–Crippen LogP) is 3.51. The van der Waals surface area contributed by atoms with E-state index in [0.717, 1.165) is 5.56 Å². The molecule has 0 aliphatic carbocycles. The van der Waals surface area contributed by atoms with Crippen LogP contribution in [0.2, 0.25) is 5.02 Å². The number of benzene rings is 2. The maximum Gasteiger partial charge on any atom is 0.344 e. The first kappa shape index (κ1) is 11.8. The van der Waals surface area contributed by atoms with Gasteiger partial charge >= 0.3 is 5.97 Å². The fourth-order valence-corrected chi connectivity index (χ4v) is 2.20. The molecule has 0 atom stereocenters. The van der Waals surface area contributed by atoms with Crippen molar-refractivity contribution >= 4 is 29.2 Å². The third-order valence-electron chi connectivity index (χ3n) is 2.88. The maximum absolute atomic E-state index is 11.8. The standard InChI is InChI=1S/C15H9ClO3/c16-13-8-10(17)6-5-9(13)7-12-11-3-1-2-4-14(11)19-15(12)18/h1-8,17H/b12-7-. The van der Waals surface area contributed by atoms with Crippen LogP contribution in [0.1, 0.15) is 11.1 Å². The highest BCUT2D eigenvalue weighted by Crippen LogP contribution is 2.36. The molecule has 1 aliphatic rings. The number of carbonyl (C=O) groups is 1. The van der Waals surface area contributed by atoms with Crippen LogP contribution in [0.5, 0.6) is 11.5 Å². The second-order valence-electron chi connectivity index (χ2n) is 4.15. The summed E-state index contributed by atoms with van der Waals surface area (Å²) in [6.45, 7) is 0. The van der Waals surface area contributed by atoms with Gasteiger partial charge in [-0.15, -0.1) is 0 Å². The number of ether oxygens (including phenoxy) is 1. The smallest absolute Gasteiger partial charge is 0.344 e. The molecule has 4 heteroatoms. The van der Waals surface area contributed by atoms with E-state index in [4.69, 9.17) is 16.3 Å². The SMILES string of the molecule is O=C1Oc2ccccc2/C1=C/c1ccc(O)cc1Cl. The van der Waals surface area contributed by atoms with Crippen molar-refractivity contribution in [3.8, 4) is 11.5 Å².